The number of benzene rings is 1. The Bertz CT molecular complexity index is 700. The summed E-state index contributed by atoms with van der Waals surface area (Å²) in [6.45, 7) is 1.17. The van der Waals surface area contributed by atoms with E-state index in [1.165, 1.54) is 18.2 Å². The Labute approximate surface area is 94.9 Å². The van der Waals surface area contributed by atoms with Gasteiger partial charge in [0.25, 0.3) is 5.56 Å². The molecule has 3 rings (SSSR count). The predicted octanol–water partition coefficient (Wildman–Crippen LogP) is -0.0268. The van der Waals surface area contributed by atoms with Crippen molar-refractivity contribution < 1.29 is 4.39 Å². The highest BCUT2D eigenvalue weighted by molar-refractivity contribution is 5.77. The molecule has 1 saturated heterocycles. The molecule has 2 N–H and O–H groups in total. The van der Waals surface area contributed by atoms with Gasteiger partial charge >= 0.3 is 5.69 Å². The van der Waals surface area contributed by atoms with E-state index < -0.39 is 17.1 Å². The second-order valence-corrected chi connectivity index (χ2v) is 4.08. The quantitative estimate of drug-likeness (QED) is 0.729. The van der Waals surface area contributed by atoms with Gasteiger partial charge in [-0.2, -0.15) is 0 Å². The second kappa shape index (κ2) is 3.53. The van der Waals surface area contributed by atoms with Crippen molar-refractivity contribution in [2.24, 2.45) is 0 Å². The van der Waals surface area contributed by atoms with Gasteiger partial charge < -0.3 is 10.3 Å². The van der Waals surface area contributed by atoms with Crippen molar-refractivity contribution >= 4 is 10.9 Å². The van der Waals surface area contributed by atoms with Crippen LogP contribution in [0.15, 0.2) is 27.8 Å². The molecule has 0 amide bonds. The molecule has 1 fully saturated rings. The lowest BCUT2D eigenvalue weighted by Gasteiger charge is -2.28. The Morgan fingerprint density at radius 2 is 2.06 bits per heavy atom. The van der Waals surface area contributed by atoms with E-state index in [0.717, 1.165) is 4.57 Å². The van der Waals surface area contributed by atoms with Crippen LogP contribution in [0.5, 0.6) is 0 Å². The molecule has 17 heavy (non-hydrogen) atoms. The maximum Gasteiger partial charge on any atom is 0.329 e. The van der Waals surface area contributed by atoms with Crippen molar-refractivity contribution in [3.8, 4) is 0 Å². The summed E-state index contributed by atoms with van der Waals surface area (Å²) >= 11 is 0. The highest BCUT2D eigenvalue weighted by Gasteiger charge is 2.23. The van der Waals surface area contributed by atoms with Gasteiger partial charge in [0.05, 0.1) is 16.9 Å². The lowest BCUT2D eigenvalue weighted by atomic mass is 10.1. The van der Waals surface area contributed by atoms with Crippen molar-refractivity contribution in [1.29, 1.82) is 0 Å². The van der Waals surface area contributed by atoms with Crippen LogP contribution in [-0.4, -0.2) is 22.6 Å². The molecule has 1 aromatic heterocycles. The Morgan fingerprint density at radius 3 is 2.71 bits per heavy atom. The van der Waals surface area contributed by atoms with Crippen molar-refractivity contribution in [2.45, 2.75) is 6.04 Å². The molecule has 0 unspecified atom stereocenters. The minimum Gasteiger partial charge on any atom is -0.312 e. The average molecular weight is 235 g/mol. The fourth-order valence-electron chi connectivity index (χ4n) is 2.01. The zero-order valence-electron chi connectivity index (χ0n) is 8.87. The van der Waals surface area contributed by atoms with Gasteiger partial charge in [-0.05, 0) is 12.1 Å². The highest BCUT2D eigenvalue weighted by Crippen LogP contribution is 2.12. The molecule has 88 valence electrons. The third kappa shape index (κ3) is 1.41. The van der Waals surface area contributed by atoms with E-state index in [9.17, 15) is 14.0 Å². The number of hydrogen-bond donors (Lipinski definition) is 2. The molecule has 0 atom stereocenters. The van der Waals surface area contributed by atoms with E-state index >= 15 is 0 Å². The first-order valence-corrected chi connectivity index (χ1v) is 5.32. The molecular weight excluding hydrogens is 225 g/mol. The van der Waals surface area contributed by atoms with Crippen LogP contribution in [0.1, 0.15) is 6.04 Å². The summed E-state index contributed by atoms with van der Waals surface area (Å²) in [5.74, 6) is -0.587. The van der Waals surface area contributed by atoms with Gasteiger partial charge in [-0.25, -0.2) is 9.18 Å². The maximum atomic E-state index is 13.4. The molecular formula is C11H10FN3O2. The van der Waals surface area contributed by atoms with Crippen LogP contribution in [0, 0.1) is 5.82 Å². The van der Waals surface area contributed by atoms with Gasteiger partial charge in [-0.1, -0.05) is 6.07 Å². The molecule has 2 heterocycles. The minimum absolute atomic E-state index is 0.0222. The van der Waals surface area contributed by atoms with Crippen LogP contribution < -0.4 is 16.6 Å². The molecule has 0 spiro atoms. The number of halogens is 1. The molecule has 5 nitrogen and oxygen atoms in total. The standard InChI is InChI=1S/C11H10FN3O2/c12-8-3-1-2-7-9(8)14-11(17)15(10(7)16)6-4-13-5-6/h1-3,6,13H,4-5H2,(H,14,17). The molecule has 0 bridgehead atoms. The number of aromatic amines is 1. The van der Waals surface area contributed by atoms with Gasteiger partial charge in [0.1, 0.15) is 5.82 Å². The van der Waals surface area contributed by atoms with E-state index in [0.29, 0.717) is 13.1 Å². The van der Waals surface area contributed by atoms with Gasteiger partial charge in [-0.15, -0.1) is 0 Å². The van der Waals surface area contributed by atoms with Crippen LogP contribution >= 0.6 is 0 Å². The van der Waals surface area contributed by atoms with Crippen molar-refractivity contribution in [1.82, 2.24) is 14.9 Å². The summed E-state index contributed by atoms with van der Waals surface area (Å²) in [5.41, 5.74) is -1.01. The van der Waals surface area contributed by atoms with Crippen LogP contribution in [0.2, 0.25) is 0 Å². The molecule has 1 aliphatic heterocycles. The third-order valence-corrected chi connectivity index (χ3v) is 3.04. The highest BCUT2D eigenvalue weighted by atomic mass is 19.1. The lowest BCUT2D eigenvalue weighted by molar-refractivity contribution is 0.327. The van der Waals surface area contributed by atoms with E-state index in [2.05, 4.69) is 10.3 Å². The smallest absolute Gasteiger partial charge is 0.312 e. The summed E-state index contributed by atoms with van der Waals surface area (Å²) in [4.78, 5) is 26.3. The van der Waals surface area contributed by atoms with E-state index in [1.54, 1.807) is 0 Å². The fourth-order valence-corrected chi connectivity index (χ4v) is 2.01. The largest absolute Gasteiger partial charge is 0.329 e. The Kier molecular flexibility index (Phi) is 2.12. The fraction of sp³-hybridized carbons (Fsp3) is 0.273. The van der Waals surface area contributed by atoms with E-state index in [4.69, 9.17) is 0 Å². The molecule has 1 aromatic carbocycles. The summed E-state index contributed by atoms with van der Waals surface area (Å²) in [7, 11) is 0. The maximum absolute atomic E-state index is 13.4. The first-order valence-electron chi connectivity index (χ1n) is 5.32. The van der Waals surface area contributed by atoms with Crippen molar-refractivity contribution in [3.63, 3.8) is 0 Å². The van der Waals surface area contributed by atoms with Crippen LogP contribution in [0.3, 0.4) is 0 Å². The second-order valence-electron chi connectivity index (χ2n) is 4.08. The topological polar surface area (TPSA) is 66.9 Å². The third-order valence-electron chi connectivity index (χ3n) is 3.04. The summed E-state index contributed by atoms with van der Waals surface area (Å²) in [5, 5.41) is 3.19. The first kappa shape index (κ1) is 10.2. The number of nitrogens with one attached hydrogen (secondary N) is 2. The molecule has 1 aliphatic rings. The number of nitrogens with zero attached hydrogens (tertiary/aromatic N) is 1. The number of para-hydroxylation sites is 1. The summed E-state index contributed by atoms with van der Waals surface area (Å²) < 4.78 is 14.6. The SMILES string of the molecule is O=c1[nH]c2c(F)cccc2c(=O)n1C1CNC1. The minimum atomic E-state index is -0.587. The first-order chi connectivity index (χ1) is 8.18. The van der Waals surface area contributed by atoms with Gasteiger partial charge in [0.2, 0.25) is 0 Å². The summed E-state index contributed by atoms with van der Waals surface area (Å²) in [6.07, 6.45) is 0. The molecule has 0 aliphatic carbocycles. The van der Waals surface area contributed by atoms with Gasteiger partial charge in [0.15, 0.2) is 0 Å². The number of fused-ring (bicyclic) bond motifs is 1. The van der Waals surface area contributed by atoms with Gasteiger partial charge in [0, 0.05) is 13.1 Å². The Morgan fingerprint density at radius 1 is 1.29 bits per heavy atom. The molecule has 2 aromatic rings. The molecule has 0 saturated carbocycles. The molecule has 0 radical (unpaired) electrons. The van der Waals surface area contributed by atoms with E-state index in [1.807, 2.05) is 0 Å². The van der Waals surface area contributed by atoms with Crippen LogP contribution in [0.4, 0.5) is 4.39 Å². The average Bonchev–Trinajstić information content (AvgIpc) is 2.23. The zero-order valence-corrected chi connectivity index (χ0v) is 8.87. The number of hydrogen-bond acceptors (Lipinski definition) is 3. The van der Waals surface area contributed by atoms with Crippen molar-refractivity contribution in [2.75, 3.05) is 13.1 Å². The lowest BCUT2D eigenvalue weighted by Crippen LogP contribution is -2.51. The number of aromatic nitrogens is 2. The van der Waals surface area contributed by atoms with Crippen molar-refractivity contribution in [3.05, 3.63) is 44.9 Å². The summed E-state index contributed by atoms with van der Waals surface area (Å²) in [6, 6.07) is 4.05. The normalized spacial score (nSPS) is 16.1. The number of H-pyrrole nitrogens is 1. The Hall–Kier alpha value is -1.95. The molecule has 6 heteroatoms. The predicted molar refractivity (Wildman–Crippen MR) is 60.7 cm³/mol. The van der Waals surface area contributed by atoms with E-state index in [-0.39, 0.29) is 16.9 Å². The van der Waals surface area contributed by atoms with Crippen LogP contribution in [0.25, 0.3) is 10.9 Å². The van der Waals surface area contributed by atoms with Crippen LogP contribution in [-0.2, 0) is 0 Å². The van der Waals surface area contributed by atoms with Gasteiger partial charge in [-0.3, -0.25) is 9.36 Å². The monoisotopic (exact) mass is 235 g/mol. The zero-order chi connectivity index (χ0) is 12.0. The Balaban J connectivity index is 2.39. The number of rotatable bonds is 1.